The van der Waals surface area contributed by atoms with Gasteiger partial charge in [-0.2, -0.15) is 0 Å². The van der Waals surface area contributed by atoms with Crippen LogP contribution in [0.25, 0.3) is 0 Å². The van der Waals surface area contributed by atoms with Crippen molar-refractivity contribution in [3.05, 3.63) is 65.0 Å². The highest BCUT2D eigenvalue weighted by atomic mass is 19.1. The van der Waals surface area contributed by atoms with Crippen LogP contribution in [0.15, 0.2) is 42.5 Å². The summed E-state index contributed by atoms with van der Waals surface area (Å²) in [6.07, 6.45) is 0.788. The van der Waals surface area contributed by atoms with Crippen LogP contribution < -0.4 is 20.7 Å². The monoisotopic (exact) mass is 401 g/mol. The molecule has 0 fully saturated rings. The van der Waals surface area contributed by atoms with E-state index in [1.807, 2.05) is 32.0 Å². The molecule has 0 aliphatic heterocycles. The number of halogens is 1. The Morgan fingerprint density at radius 3 is 2.31 bits per heavy atom. The molecule has 0 saturated carbocycles. The van der Waals surface area contributed by atoms with Crippen LogP contribution in [0.4, 0.5) is 9.18 Å². The third-order valence-corrected chi connectivity index (χ3v) is 4.25. The van der Waals surface area contributed by atoms with Gasteiger partial charge in [0, 0.05) is 19.6 Å². The number of amides is 3. The van der Waals surface area contributed by atoms with Crippen molar-refractivity contribution in [1.82, 2.24) is 16.0 Å². The van der Waals surface area contributed by atoms with Crippen LogP contribution >= 0.6 is 0 Å². The molecular formula is C22H28FN3O3. The van der Waals surface area contributed by atoms with Gasteiger partial charge in [0.15, 0.2) is 0 Å². The molecule has 0 saturated heterocycles. The van der Waals surface area contributed by atoms with Gasteiger partial charge in [0.1, 0.15) is 11.6 Å². The molecule has 0 bridgehead atoms. The summed E-state index contributed by atoms with van der Waals surface area (Å²) >= 11 is 0. The first-order valence-electron chi connectivity index (χ1n) is 9.67. The second-order valence-electron chi connectivity index (χ2n) is 6.76. The maximum Gasteiger partial charge on any atom is 0.314 e. The molecule has 3 N–H and O–H groups in total. The fourth-order valence-electron chi connectivity index (χ4n) is 2.81. The van der Waals surface area contributed by atoms with Gasteiger partial charge in [0.05, 0.1) is 13.0 Å². The topological polar surface area (TPSA) is 79.5 Å². The van der Waals surface area contributed by atoms with Crippen LogP contribution in [0.5, 0.6) is 5.75 Å². The van der Waals surface area contributed by atoms with Gasteiger partial charge in [-0.05, 0) is 49.1 Å². The Bertz CT molecular complexity index is 806. The number of rotatable bonds is 10. The second-order valence-corrected chi connectivity index (χ2v) is 6.76. The van der Waals surface area contributed by atoms with Gasteiger partial charge in [-0.3, -0.25) is 4.79 Å². The van der Waals surface area contributed by atoms with Gasteiger partial charge in [0.25, 0.3) is 0 Å². The highest BCUT2D eigenvalue weighted by molar-refractivity contribution is 5.78. The number of carbonyl (C=O) groups excluding carboxylic acids is 2. The average Bonchev–Trinajstić information content (AvgIpc) is 2.67. The Hall–Kier alpha value is -3.09. The smallest absolute Gasteiger partial charge is 0.314 e. The second kappa shape index (κ2) is 11.7. The molecule has 3 amide bonds. The summed E-state index contributed by atoms with van der Waals surface area (Å²) in [7, 11) is 0. The Labute approximate surface area is 170 Å². The van der Waals surface area contributed by atoms with Gasteiger partial charge in [-0.15, -0.1) is 0 Å². The molecule has 0 unspecified atom stereocenters. The number of urea groups is 1. The standard InChI is InChI=1S/C22H28FN3O3/c1-16-6-3-7-17(2)21(16)29-13-5-10-25-22(28)26-12-11-24-20(27)15-18-8-4-9-19(23)14-18/h3-4,6-9,14H,5,10-13,15H2,1-2H3,(H,24,27)(H2,25,26,28). The number of carbonyl (C=O) groups is 2. The largest absolute Gasteiger partial charge is 0.493 e. The Morgan fingerprint density at radius 1 is 0.931 bits per heavy atom. The van der Waals surface area contributed by atoms with E-state index in [9.17, 15) is 14.0 Å². The summed E-state index contributed by atoms with van der Waals surface area (Å²) in [6.45, 7) is 5.62. The van der Waals surface area contributed by atoms with Crippen LogP contribution in [-0.4, -0.2) is 38.2 Å². The molecule has 0 radical (unpaired) electrons. The first-order valence-corrected chi connectivity index (χ1v) is 9.67. The molecule has 2 aromatic carbocycles. The molecule has 2 aromatic rings. The van der Waals surface area contributed by atoms with Crippen molar-refractivity contribution in [3.8, 4) is 5.75 Å². The molecule has 2 rings (SSSR count). The molecule has 0 heterocycles. The van der Waals surface area contributed by atoms with Gasteiger partial charge in [0.2, 0.25) is 5.91 Å². The highest BCUT2D eigenvalue weighted by Gasteiger charge is 2.05. The van der Waals surface area contributed by atoms with Crippen molar-refractivity contribution in [3.63, 3.8) is 0 Å². The quantitative estimate of drug-likeness (QED) is 0.536. The zero-order valence-corrected chi connectivity index (χ0v) is 16.9. The van der Waals surface area contributed by atoms with Crippen LogP contribution in [0.1, 0.15) is 23.1 Å². The van der Waals surface area contributed by atoms with Crippen molar-refractivity contribution in [1.29, 1.82) is 0 Å². The minimum Gasteiger partial charge on any atom is -0.493 e. The Balaban J connectivity index is 1.52. The molecule has 0 spiro atoms. The third-order valence-electron chi connectivity index (χ3n) is 4.25. The zero-order chi connectivity index (χ0) is 21.1. The minimum atomic E-state index is -0.368. The number of aryl methyl sites for hydroxylation is 2. The lowest BCUT2D eigenvalue weighted by molar-refractivity contribution is -0.120. The molecule has 156 valence electrons. The van der Waals surface area contributed by atoms with E-state index in [2.05, 4.69) is 16.0 Å². The van der Waals surface area contributed by atoms with Gasteiger partial charge < -0.3 is 20.7 Å². The normalized spacial score (nSPS) is 10.3. The zero-order valence-electron chi connectivity index (χ0n) is 16.9. The van der Waals surface area contributed by atoms with Crippen LogP contribution in [0.3, 0.4) is 0 Å². The van der Waals surface area contributed by atoms with E-state index >= 15 is 0 Å². The van der Waals surface area contributed by atoms with Gasteiger partial charge in [-0.1, -0.05) is 30.3 Å². The number of hydrogen-bond acceptors (Lipinski definition) is 3. The predicted molar refractivity (Wildman–Crippen MR) is 111 cm³/mol. The highest BCUT2D eigenvalue weighted by Crippen LogP contribution is 2.22. The summed E-state index contributed by atoms with van der Waals surface area (Å²) in [5.41, 5.74) is 2.79. The van der Waals surface area contributed by atoms with Crippen molar-refractivity contribution >= 4 is 11.9 Å². The van der Waals surface area contributed by atoms with E-state index in [4.69, 9.17) is 4.74 Å². The summed E-state index contributed by atoms with van der Waals surface area (Å²) in [5, 5.41) is 8.11. The van der Waals surface area contributed by atoms with Gasteiger partial charge in [-0.25, -0.2) is 9.18 Å². The summed E-state index contributed by atoms with van der Waals surface area (Å²) in [5.74, 6) is 0.306. The van der Waals surface area contributed by atoms with E-state index in [1.54, 1.807) is 12.1 Å². The van der Waals surface area contributed by atoms with E-state index in [0.29, 0.717) is 38.2 Å². The number of benzene rings is 2. The van der Waals surface area contributed by atoms with Crippen LogP contribution in [0, 0.1) is 19.7 Å². The fraction of sp³-hybridized carbons (Fsp3) is 0.364. The first kappa shape index (κ1) is 22.2. The Morgan fingerprint density at radius 2 is 1.59 bits per heavy atom. The molecule has 0 aromatic heterocycles. The molecule has 0 aliphatic rings. The lowest BCUT2D eigenvalue weighted by Gasteiger charge is -2.12. The van der Waals surface area contributed by atoms with Gasteiger partial charge >= 0.3 is 6.03 Å². The number of para-hydroxylation sites is 1. The number of ether oxygens (including phenoxy) is 1. The molecule has 29 heavy (non-hydrogen) atoms. The molecule has 0 aliphatic carbocycles. The number of nitrogens with one attached hydrogen (secondary N) is 3. The van der Waals surface area contributed by atoms with Crippen molar-refractivity contribution < 1.29 is 18.7 Å². The maximum absolute atomic E-state index is 13.1. The average molecular weight is 401 g/mol. The van der Waals surface area contributed by atoms with E-state index < -0.39 is 0 Å². The van der Waals surface area contributed by atoms with Crippen molar-refractivity contribution in [2.24, 2.45) is 0 Å². The van der Waals surface area contributed by atoms with Crippen molar-refractivity contribution in [2.75, 3.05) is 26.2 Å². The van der Waals surface area contributed by atoms with E-state index in [0.717, 1.165) is 16.9 Å². The minimum absolute atomic E-state index is 0.102. The number of hydrogen-bond donors (Lipinski definition) is 3. The van der Waals surface area contributed by atoms with E-state index in [1.165, 1.54) is 12.1 Å². The molecule has 0 atom stereocenters. The Kier molecular flexibility index (Phi) is 8.95. The lowest BCUT2D eigenvalue weighted by atomic mass is 10.1. The molecular weight excluding hydrogens is 373 g/mol. The lowest BCUT2D eigenvalue weighted by Crippen LogP contribution is -2.41. The summed E-state index contributed by atoms with van der Waals surface area (Å²) in [4.78, 5) is 23.5. The van der Waals surface area contributed by atoms with E-state index in [-0.39, 0.29) is 24.2 Å². The first-order chi connectivity index (χ1) is 14.0. The molecule has 7 heteroatoms. The predicted octanol–water partition coefficient (Wildman–Crippen LogP) is 2.87. The van der Waals surface area contributed by atoms with Crippen molar-refractivity contribution in [2.45, 2.75) is 26.7 Å². The molecule has 6 nitrogen and oxygen atoms in total. The fourth-order valence-corrected chi connectivity index (χ4v) is 2.81. The summed E-state index contributed by atoms with van der Waals surface area (Å²) in [6, 6.07) is 11.6. The maximum atomic E-state index is 13.1. The SMILES string of the molecule is Cc1cccc(C)c1OCCCNC(=O)NCCNC(=O)Cc1cccc(F)c1. The summed E-state index contributed by atoms with van der Waals surface area (Å²) < 4.78 is 18.9. The van der Waals surface area contributed by atoms with Crippen LogP contribution in [-0.2, 0) is 11.2 Å². The van der Waals surface area contributed by atoms with Crippen LogP contribution in [0.2, 0.25) is 0 Å². The third kappa shape index (κ3) is 8.21.